The minimum Gasteiger partial charge on any atom is -0.456 e. The van der Waals surface area contributed by atoms with Crippen molar-refractivity contribution < 1.29 is 18.8 Å². The Morgan fingerprint density at radius 3 is 2.60 bits per heavy atom. The van der Waals surface area contributed by atoms with E-state index in [-0.39, 0.29) is 17.1 Å². The predicted octanol–water partition coefficient (Wildman–Crippen LogP) is 2.63. The summed E-state index contributed by atoms with van der Waals surface area (Å²) >= 11 is 0. The molecule has 102 valence electrons. The molecule has 0 bridgehead atoms. The molecule has 0 saturated carbocycles. The van der Waals surface area contributed by atoms with Gasteiger partial charge in [-0.05, 0) is 12.1 Å². The van der Waals surface area contributed by atoms with Crippen LogP contribution in [0.4, 0.5) is 10.1 Å². The minimum absolute atomic E-state index is 0.0922. The number of nitrogens with two attached hydrogens (primary N) is 1. The van der Waals surface area contributed by atoms with E-state index in [4.69, 9.17) is 10.5 Å². The Bertz CT molecular complexity index is 688. The highest BCUT2D eigenvalue weighted by Gasteiger charge is 2.14. The van der Waals surface area contributed by atoms with Gasteiger partial charge in [-0.1, -0.05) is 12.1 Å². The molecule has 1 amide bonds. The number of amides is 1. The van der Waals surface area contributed by atoms with Crippen LogP contribution in [0.3, 0.4) is 0 Å². The summed E-state index contributed by atoms with van der Waals surface area (Å²) < 4.78 is 18.6. The van der Waals surface area contributed by atoms with Crippen LogP contribution in [0.5, 0.6) is 11.5 Å². The monoisotopic (exact) mass is 276 g/mol. The Kier molecular flexibility index (Phi) is 3.60. The van der Waals surface area contributed by atoms with Crippen molar-refractivity contribution in [2.45, 2.75) is 0 Å². The zero-order valence-electron chi connectivity index (χ0n) is 10.1. The normalized spacial score (nSPS) is 10.1. The van der Waals surface area contributed by atoms with E-state index in [0.29, 0.717) is 0 Å². The predicted molar refractivity (Wildman–Crippen MR) is 68.1 cm³/mol. The number of nitrogens with zero attached hydrogens (tertiary/aromatic N) is 1. The summed E-state index contributed by atoms with van der Waals surface area (Å²) in [6.45, 7) is 0. The van der Waals surface area contributed by atoms with E-state index < -0.39 is 22.3 Å². The van der Waals surface area contributed by atoms with Gasteiger partial charge in [0.25, 0.3) is 11.6 Å². The standard InChI is InChI=1S/C13H9FN2O4/c14-8-5-9(16(18)19)7-10(6-8)20-12-4-2-1-3-11(12)13(15)17/h1-7H,(H2,15,17). The minimum atomic E-state index is -0.814. The summed E-state index contributed by atoms with van der Waals surface area (Å²) in [5.41, 5.74) is 4.82. The third-order valence-corrected chi connectivity index (χ3v) is 2.45. The highest BCUT2D eigenvalue weighted by atomic mass is 19.1. The maximum Gasteiger partial charge on any atom is 0.276 e. The molecule has 0 saturated heterocycles. The summed E-state index contributed by atoms with van der Waals surface area (Å²) in [5.74, 6) is -1.53. The van der Waals surface area contributed by atoms with Crippen molar-refractivity contribution in [2.24, 2.45) is 5.73 Å². The molecule has 2 N–H and O–H groups in total. The Hall–Kier alpha value is -2.96. The van der Waals surface area contributed by atoms with Crippen LogP contribution in [-0.2, 0) is 0 Å². The first-order valence-corrected chi connectivity index (χ1v) is 5.49. The van der Waals surface area contributed by atoms with Gasteiger partial charge in [0, 0.05) is 6.07 Å². The van der Waals surface area contributed by atoms with Crippen LogP contribution in [-0.4, -0.2) is 10.8 Å². The highest BCUT2D eigenvalue weighted by molar-refractivity contribution is 5.95. The average molecular weight is 276 g/mol. The van der Waals surface area contributed by atoms with Crippen molar-refractivity contribution in [1.29, 1.82) is 0 Å². The van der Waals surface area contributed by atoms with Gasteiger partial charge in [0.1, 0.15) is 17.3 Å². The molecule has 0 radical (unpaired) electrons. The quantitative estimate of drug-likeness (QED) is 0.685. The first kappa shape index (κ1) is 13.5. The Morgan fingerprint density at radius 1 is 1.25 bits per heavy atom. The van der Waals surface area contributed by atoms with Crippen molar-refractivity contribution in [3.05, 3.63) is 64.0 Å². The molecular formula is C13H9FN2O4. The molecule has 0 aromatic heterocycles. The average Bonchev–Trinajstić information content (AvgIpc) is 2.38. The topological polar surface area (TPSA) is 95.5 Å². The largest absolute Gasteiger partial charge is 0.456 e. The van der Waals surface area contributed by atoms with Crippen LogP contribution in [0.1, 0.15) is 10.4 Å². The van der Waals surface area contributed by atoms with Gasteiger partial charge in [0.2, 0.25) is 0 Å². The van der Waals surface area contributed by atoms with Gasteiger partial charge in [0.05, 0.1) is 22.6 Å². The maximum atomic E-state index is 13.3. The molecule has 2 aromatic carbocycles. The van der Waals surface area contributed by atoms with Crippen LogP contribution in [0.2, 0.25) is 0 Å². The number of benzene rings is 2. The highest BCUT2D eigenvalue weighted by Crippen LogP contribution is 2.28. The summed E-state index contributed by atoms with van der Waals surface area (Å²) in [6.07, 6.45) is 0. The number of hydrogen-bond donors (Lipinski definition) is 1. The molecule has 0 spiro atoms. The molecule has 0 aliphatic rings. The van der Waals surface area contributed by atoms with Crippen molar-refractivity contribution in [1.82, 2.24) is 0 Å². The summed E-state index contributed by atoms with van der Waals surface area (Å²) in [4.78, 5) is 21.1. The number of hydrogen-bond acceptors (Lipinski definition) is 4. The molecule has 0 atom stereocenters. The van der Waals surface area contributed by atoms with Gasteiger partial charge < -0.3 is 10.5 Å². The first-order valence-electron chi connectivity index (χ1n) is 5.49. The number of carbonyl (C=O) groups is 1. The zero-order chi connectivity index (χ0) is 14.7. The van der Waals surface area contributed by atoms with E-state index in [1.165, 1.54) is 12.1 Å². The lowest BCUT2D eigenvalue weighted by Gasteiger charge is -2.08. The van der Waals surface area contributed by atoms with E-state index in [1.54, 1.807) is 12.1 Å². The first-order chi connectivity index (χ1) is 9.47. The third kappa shape index (κ3) is 2.89. The lowest BCUT2D eigenvalue weighted by molar-refractivity contribution is -0.385. The number of carbonyl (C=O) groups excluding carboxylic acids is 1. The lowest BCUT2D eigenvalue weighted by atomic mass is 10.2. The smallest absolute Gasteiger partial charge is 0.276 e. The van der Waals surface area contributed by atoms with Gasteiger partial charge in [-0.15, -0.1) is 0 Å². The van der Waals surface area contributed by atoms with E-state index in [2.05, 4.69) is 0 Å². The fraction of sp³-hybridized carbons (Fsp3) is 0. The number of para-hydroxylation sites is 1. The molecule has 7 heteroatoms. The molecule has 0 fully saturated rings. The number of ether oxygens (including phenoxy) is 1. The number of nitro groups is 1. The number of non-ortho nitro benzene ring substituents is 1. The van der Waals surface area contributed by atoms with Crippen LogP contribution >= 0.6 is 0 Å². The molecule has 0 aliphatic carbocycles. The maximum absolute atomic E-state index is 13.3. The van der Waals surface area contributed by atoms with E-state index in [9.17, 15) is 19.3 Å². The number of primary amides is 1. The third-order valence-electron chi connectivity index (χ3n) is 2.45. The fourth-order valence-corrected chi connectivity index (χ4v) is 1.60. The number of halogens is 1. The van der Waals surface area contributed by atoms with Crippen molar-refractivity contribution in [3.63, 3.8) is 0 Å². The molecule has 0 heterocycles. The molecule has 0 aliphatic heterocycles. The SMILES string of the molecule is NC(=O)c1ccccc1Oc1cc(F)cc([N+](=O)[O-])c1. The molecular weight excluding hydrogens is 267 g/mol. The Balaban J connectivity index is 2.40. The number of nitro benzene ring substituents is 1. The summed E-state index contributed by atoms with van der Waals surface area (Å²) in [7, 11) is 0. The second kappa shape index (κ2) is 5.35. The van der Waals surface area contributed by atoms with Gasteiger partial charge in [0.15, 0.2) is 0 Å². The van der Waals surface area contributed by atoms with Crippen molar-refractivity contribution in [3.8, 4) is 11.5 Å². The lowest BCUT2D eigenvalue weighted by Crippen LogP contribution is -2.12. The second-order valence-electron chi connectivity index (χ2n) is 3.86. The van der Waals surface area contributed by atoms with Gasteiger partial charge in [-0.3, -0.25) is 14.9 Å². The summed E-state index contributed by atoms with van der Waals surface area (Å²) in [5, 5.41) is 10.6. The molecule has 2 rings (SSSR count). The van der Waals surface area contributed by atoms with Gasteiger partial charge >= 0.3 is 0 Å². The van der Waals surface area contributed by atoms with Gasteiger partial charge in [-0.2, -0.15) is 0 Å². The van der Waals surface area contributed by atoms with Crippen LogP contribution in [0.15, 0.2) is 42.5 Å². The van der Waals surface area contributed by atoms with E-state index in [0.717, 1.165) is 18.2 Å². The van der Waals surface area contributed by atoms with Crippen molar-refractivity contribution in [2.75, 3.05) is 0 Å². The van der Waals surface area contributed by atoms with Crippen molar-refractivity contribution >= 4 is 11.6 Å². The molecule has 0 unspecified atom stereocenters. The van der Waals surface area contributed by atoms with E-state index >= 15 is 0 Å². The van der Waals surface area contributed by atoms with Crippen LogP contribution < -0.4 is 10.5 Å². The summed E-state index contributed by atoms with van der Waals surface area (Å²) in [6, 6.07) is 8.87. The number of rotatable bonds is 4. The fourth-order valence-electron chi connectivity index (χ4n) is 1.60. The Morgan fingerprint density at radius 2 is 1.95 bits per heavy atom. The molecule has 6 nitrogen and oxygen atoms in total. The van der Waals surface area contributed by atoms with E-state index in [1.807, 2.05) is 0 Å². The van der Waals surface area contributed by atoms with Crippen LogP contribution in [0.25, 0.3) is 0 Å². The van der Waals surface area contributed by atoms with Crippen LogP contribution in [0, 0.1) is 15.9 Å². The molecule has 20 heavy (non-hydrogen) atoms. The molecule has 2 aromatic rings. The van der Waals surface area contributed by atoms with Gasteiger partial charge in [-0.25, -0.2) is 4.39 Å². The Labute approximate surface area is 112 Å². The zero-order valence-corrected chi connectivity index (χ0v) is 10.1. The second-order valence-corrected chi connectivity index (χ2v) is 3.86.